The predicted octanol–water partition coefficient (Wildman–Crippen LogP) is 2.84. The Labute approximate surface area is 166 Å². The van der Waals surface area contributed by atoms with Crippen LogP contribution in [0.2, 0.25) is 0 Å². The molecule has 2 heterocycles. The summed E-state index contributed by atoms with van der Waals surface area (Å²) >= 11 is 0. The number of urea groups is 1. The molecule has 0 unspecified atom stereocenters. The first kappa shape index (κ1) is 18.5. The van der Waals surface area contributed by atoms with Crippen molar-refractivity contribution in [3.05, 3.63) is 53.6 Å². The van der Waals surface area contributed by atoms with E-state index in [1.807, 2.05) is 23.1 Å². The van der Waals surface area contributed by atoms with Gasteiger partial charge in [0.2, 0.25) is 0 Å². The van der Waals surface area contributed by atoms with Gasteiger partial charge in [-0.2, -0.15) is 0 Å². The summed E-state index contributed by atoms with van der Waals surface area (Å²) in [6.45, 7) is 7.10. The molecule has 4 rings (SSSR count). The van der Waals surface area contributed by atoms with Crippen LogP contribution in [0.5, 0.6) is 11.5 Å². The second-order valence-electron chi connectivity index (χ2n) is 7.27. The number of fused-ring (bicyclic) bond motifs is 1. The zero-order valence-corrected chi connectivity index (χ0v) is 16.3. The summed E-state index contributed by atoms with van der Waals surface area (Å²) in [6.07, 6.45) is 0.769. The number of ether oxygens (including phenoxy) is 2. The summed E-state index contributed by atoms with van der Waals surface area (Å²) in [6, 6.07) is 14.5. The van der Waals surface area contributed by atoms with Gasteiger partial charge in [0, 0.05) is 38.4 Å². The molecule has 0 spiro atoms. The monoisotopic (exact) mass is 381 g/mol. The number of hydrogen-bond donors (Lipinski definition) is 1. The fourth-order valence-electron chi connectivity index (χ4n) is 3.66. The number of nitrogens with one attached hydrogen (secondary N) is 1. The van der Waals surface area contributed by atoms with Gasteiger partial charge >= 0.3 is 6.03 Å². The van der Waals surface area contributed by atoms with Crippen molar-refractivity contribution in [2.45, 2.75) is 13.3 Å². The predicted molar refractivity (Wildman–Crippen MR) is 109 cm³/mol. The van der Waals surface area contributed by atoms with E-state index in [0.29, 0.717) is 19.8 Å². The molecule has 6 nitrogen and oxygen atoms in total. The van der Waals surface area contributed by atoms with E-state index in [4.69, 9.17) is 9.47 Å². The largest absolute Gasteiger partial charge is 0.486 e. The molecule has 2 aliphatic heterocycles. The normalized spacial score (nSPS) is 16.0. The van der Waals surface area contributed by atoms with Crippen molar-refractivity contribution in [1.29, 1.82) is 0 Å². The van der Waals surface area contributed by atoms with Gasteiger partial charge in [0.05, 0.1) is 0 Å². The number of anilines is 1. The second kappa shape index (κ2) is 8.42. The number of aryl methyl sites for hydroxylation is 1. The van der Waals surface area contributed by atoms with Crippen molar-refractivity contribution < 1.29 is 14.3 Å². The van der Waals surface area contributed by atoms with Crippen LogP contribution in [-0.2, 0) is 6.42 Å². The Hall–Kier alpha value is -2.89. The van der Waals surface area contributed by atoms with Crippen molar-refractivity contribution in [2.24, 2.45) is 0 Å². The highest BCUT2D eigenvalue weighted by atomic mass is 16.6. The van der Waals surface area contributed by atoms with Crippen LogP contribution in [0.1, 0.15) is 11.1 Å². The molecule has 0 aromatic heterocycles. The van der Waals surface area contributed by atoms with Crippen LogP contribution in [0.3, 0.4) is 0 Å². The summed E-state index contributed by atoms with van der Waals surface area (Å²) in [4.78, 5) is 16.7. The Morgan fingerprint density at radius 3 is 2.57 bits per heavy atom. The zero-order chi connectivity index (χ0) is 19.3. The number of piperazine rings is 1. The van der Waals surface area contributed by atoms with Crippen LogP contribution >= 0.6 is 0 Å². The second-order valence-corrected chi connectivity index (χ2v) is 7.27. The highest BCUT2D eigenvalue weighted by Gasteiger charge is 2.21. The van der Waals surface area contributed by atoms with Crippen molar-refractivity contribution >= 4 is 11.7 Å². The van der Waals surface area contributed by atoms with Crippen LogP contribution in [0.15, 0.2) is 42.5 Å². The molecule has 0 radical (unpaired) electrons. The highest BCUT2D eigenvalue weighted by molar-refractivity contribution is 5.74. The summed E-state index contributed by atoms with van der Waals surface area (Å²) < 4.78 is 11.2. The maximum absolute atomic E-state index is 12.5. The molecule has 2 aromatic carbocycles. The van der Waals surface area contributed by atoms with Gasteiger partial charge in [-0.3, -0.25) is 0 Å². The standard InChI is InChI=1S/C22H27N3O3/c1-17-3-2-4-19(15-17)24-9-11-25(12-10-24)22(26)23-8-7-18-5-6-20-21(16-18)28-14-13-27-20/h2-6,15-16H,7-14H2,1H3,(H,23,26). The number of rotatable bonds is 4. The molecule has 1 fully saturated rings. The Morgan fingerprint density at radius 2 is 1.79 bits per heavy atom. The molecule has 1 N–H and O–H groups in total. The average Bonchev–Trinajstić information content (AvgIpc) is 2.74. The Balaban J connectivity index is 1.23. The van der Waals surface area contributed by atoms with E-state index >= 15 is 0 Å². The van der Waals surface area contributed by atoms with Crippen LogP contribution in [0, 0.1) is 6.92 Å². The lowest BCUT2D eigenvalue weighted by Gasteiger charge is -2.36. The minimum absolute atomic E-state index is 0.0152. The van der Waals surface area contributed by atoms with E-state index in [9.17, 15) is 4.79 Å². The van der Waals surface area contributed by atoms with Gasteiger partial charge in [0.15, 0.2) is 11.5 Å². The number of carbonyl (C=O) groups excluding carboxylic acids is 1. The van der Waals surface area contributed by atoms with Gasteiger partial charge in [-0.1, -0.05) is 18.2 Å². The number of hydrogen-bond acceptors (Lipinski definition) is 4. The van der Waals surface area contributed by atoms with Crippen molar-refractivity contribution in [3.8, 4) is 11.5 Å². The summed E-state index contributed by atoms with van der Waals surface area (Å²) in [5.74, 6) is 1.59. The van der Waals surface area contributed by atoms with Crippen molar-refractivity contribution in [1.82, 2.24) is 10.2 Å². The van der Waals surface area contributed by atoms with Gasteiger partial charge in [0.25, 0.3) is 0 Å². The van der Waals surface area contributed by atoms with Crippen LogP contribution in [0.25, 0.3) is 0 Å². The summed E-state index contributed by atoms with van der Waals surface area (Å²) in [7, 11) is 0. The first-order chi connectivity index (χ1) is 13.7. The lowest BCUT2D eigenvalue weighted by atomic mass is 10.1. The molecule has 0 saturated carbocycles. The van der Waals surface area contributed by atoms with Gasteiger partial charge in [-0.15, -0.1) is 0 Å². The van der Waals surface area contributed by atoms with E-state index in [1.165, 1.54) is 11.3 Å². The number of nitrogens with zero attached hydrogens (tertiary/aromatic N) is 2. The minimum Gasteiger partial charge on any atom is -0.486 e. The molecule has 2 amide bonds. The Kier molecular flexibility index (Phi) is 5.55. The zero-order valence-electron chi connectivity index (χ0n) is 16.3. The van der Waals surface area contributed by atoms with Crippen LogP contribution in [0.4, 0.5) is 10.5 Å². The van der Waals surface area contributed by atoms with Crippen LogP contribution < -0.4 is 19.7 Å². The van der Waals surface area contributed by atoms with Gasteiger partial charge < -0.3 is 24.6 Å². The number of amides is 2. The Morgan fingerprint density at radius 1 is 1.00 bits per heavy atom. The minimum atomic E-state index is 0.0152. The first-order valence-electron chi connectivity index (χ1n) is 9.92. The third-order valence-corrected chi connectivity index (χ3v) is 5.23. The van der Waals surface area contributed by atoms with E-state index < -0.39 is 0 Å². The summed E-state index contributed by atoms with van der Waals surface area (Å²) in [5.41, 5.74) is 3.63. The van der Waals surface area contributed by atoms with E-state index in [0.717, 1.165) is 49.7 Å². The maximum atomic E-state index is 12.5. The molecular formula is C22H27N3O3. The number of benzene rings is 2. The van der Waals surface area contributed by atoms with E-state index in [1.54, 1.807) is 0 Å². The third-order valence-electron chi connectivity index (χ3n) is 5.23. The van der Waals surface area contributed by atoms with Crippen molar-refractivity contribution in [2.75, 3.05) is 50.8 Å². The molecule has 0 atom stereocenters. The topological polar surface area (TPSA) is 54.0 Å². The lowest BCUT2D eigenvalue weighted by Crippen LogP contribution is -2.52. The van der Waals surface area contributed by atoms with Gasteiger partial charge in [-0.25, -0.2) is 4.79 Å². The quantitative estimate of drug-likeness (QED) is 0.885. The Bertz CT molecular complexity index is 832. The highest BCUT2D eigenvalue weighted by Crippen LogP contribution is 2.30. The van der Waals surface area contributed by atoms with E-state index in [2.05, 4.69) is 41.4 Å². The van der Waals surface area contributed by atoms with E-state index in [-0.39, 0.29) is 6.03 Å². The maximum Gasteiger partial charge on any atom is 0.317 e. The molecule has 0 aliphatic carbocycles. The average molecular weight is 381 g/mol. The molecule has 0 bridgehead atoms. The number of carbonyl (C=O) groups is 1. The molecule has 2 aliphatic rings. The van der Waals surface area contributed by atoms with Gasteiger partial charge in [0.1, 0.15) is 13.2 Å². The fourth-order valence-corrected chi connectivity index (χ4v) is 3.66. The lowest BCUT2D eigenvalue weighted by molar-refractivity contribution is 0.171. The SMILES string of the molecule is Cc1cccc(N2CCN(C(=O)NCCc3ccc4c(c3)OCCO4)CC2)c1. The first-order valence-corrected chi connectivity index (χ1v) is 9.92. The van der Waals surface area contributed by atoms with Crippen molar-refractivity contribution in [3.63, 3.8) is 0 Å². The molecule has 148 valence electrons. The summed E-state index contributed by atoms with van der Waals surface area (Å²) in [5, 5.41) is 3.04. The molecular weight excluding hydrogens is 354 g/mol. The molecule has 2 aromatic rings. The molecule has 1 saturated heterocycles. The fraction of sp³-hybridized carbons (Fsp3) is 0.409. The van der Waals surface area contributed by atoms with Gasteiger partial charge in [-0.05, 0) is 48.7 Å². The molecule has 28 heavy (non-hydrogen) atoms. The molecule has 6 heteroatoms. The third kappa shape index (κ3) is 4.32. The van der Waals surface area contributed by atoms with Crippen LogP contribution in [-0.4, -0.2) is 56.9 Å². The smallest absolute Gasteiger partial charge is 0.317 e.